The summed E-state index contributed by atoms with van der Waals surface area (Å²) in [7, 11) is -3.87. The molecule has 0 saturated carbocycles. The van der Waals surface area contributed by atoms with Crippen LogP contribution in [0.1, 0.15) is 11.1 Å². The van der Waals surface area contributed by atoms with Gasteiger partial charge in [0.05, 0.1) is 11.3 Å². The first-order valence-electron chi connectivity index (χ1n) is 5.92. The summed E-state index contributed by atoms with van der Waals surface area (Å²) in [5.74, 6) is 0. The second-order valence-electron chi connectivity index (χ2n) is 4.46. The maximum atomic E-state index is 12.4. The largest absolute Gasteiger partial charge is 0.399 e. The number of nitrogens with zero attached hydrogens (tertiary/aromatic N) is 1. The minimum Gasteiger partial charge on any atom is -0.399 e. The maximum absolute atomic E-state index is 12.4. The van der Waals surface area contributed by atoms with Crippen LogP contribution in [0.4, 0.5) is 11.4 Å². The van der Waals surface area contributed by atoms with Crippen LogP contribution in [0.15, 0.2) is 45.8 Å². The molecule has 2 rings (SSSR count). The van der Waals surface area contributed by atoms with Gasteiger partial charge in [0.25, 0.3) is 10.0 Å². The number of sulfonamides is 1. The Bertz CT molecular complexity index is 842. The first-order valence-corrected chi connectivity index (χ1v) is 8.20. The fourth-order valence-corrected chi connectivity index (χ4v) is 3.71. The zero-order valence-electron chi connectivity index (χ0n) is 11.1. The van der Waals surface area contributed by atoms with E-state index in [4.69, 9.17) is 11.0 Å². The van der Waals surface area contributed by atoms with E-state index in [-0.39, 0.29) is 10.5 Å². The number of halogens is 1. The number of rotatable bonds is 3. The molecule has 0 aliphatic carbocycles. The predicted octanol–water partition coefficient (Wildman–Crippen LogP) is 3.01. The van der Waals surface area contributed by atoms with E-state index in [0.717, 1.165) is 5.56 Å². The third kappa shape index (κ3) is 3.35. The smallest absolute Gasteiger partial charge is 0.263 e. The van der Waals surface area contributed by atoms with Gasteiger partial charge in [0, 0.05) is 10.2 Å². The number of nitrogens with two attached hydrogens (primary N) is 1. The van der Waals surface area contributed by atoms with Gasteiger partial charge in [-0.3, -0.25) is 4.72 Å². The van der Waals surface area contributed by atoms with Crippen molar-refractivity contribution in [3.8, 4) is 6.07 Å². The normalized spacial score (nSPS) is 10.9. The van der Waals surface area contributed by atoms with Crippen LogP contribution in [0.3, 0.4) is 0 Å². The van der Waals surface area contributed by atoms with Crippen molar-refractivity contribution in [2.45, 2.75) is 11.8 Å². The summed E-state index contributed by atoms with van der Waals surface area (Å²) in [5.41, 5.74) is 7.31. The molecule has 0 atom stereocenters. The Labute approximate surface area is 131 Å². The molecule has 0 aliphatic rings. The van der Waals surface area contributed by atoms with Gasteiger partial charge in [-0.2, -0.15) is 5.26 Å². The van der Waals surface area contributed by atoms with Gasteiger partial charge in [-0.1, -0.05) is 6.07 Å². The Morgan fingerprint density at radius 2 is 1.95 bits per heavy atom. The summed E-state index contributed by atoms with van der Waals surface area (Å²) in [4.78, 5) is -0.105. The molecule has 0 fully saturated rings. The van der Waals surface area contributed by atoms with Crippen LogP contribution in [0.5, 0.6) is 0 Å². The molecule has 2 aromatic carbocycles. The number of anilines is 2. The molecule has 5 nitrogen and oxygen atoms in total. The van der Waals surface area contributed by atoms with Crippen LogP contribution in [-0.4, -0.2) is 8.42 Å². The Kier molecular flexibility index (Phi) is 4.21. The molecule has 0 bridgehead atoms. The van der Waals surface area contributed by atoms with Gasteiger partial charge in [0.1, 0.15) is 11.0 Å². The molecule has 7 heteroatoms. The number of nitriles is 1. The average molecular weight is 366 g/mol. The molecule has 0 unspecified atom stereocenters. The predicted molar refractivity (Wildman–Crippen MR) is 85.3 cm³/mol. The second-order valence-corrected chi connectivity index (χ2v) is 6.96. The van der Waals surface area contributed by atoms with Crippen LogP contribution in [0.25, 0.3) is 0 Å². The van der Waals surface area contributed by atoms with E-state index >= 15 is 0 Å². The average Bonchev–Trinajstić information content (AvgIpc) is 2.41. The van der Waals surface area contributed by atoms with Crippen LogP contribution in [0.2, 0.25) is 0 Å². The van der Waals surface area contributed by atoms with Crippen molar-refractivity contribution in [3.05, 3.63) is 52.0 Å². The molecule has 0 spiro atoms. The molecular weight excluding hydrogens is 354 g/mol. The zero-order valence-corrected chi connectivity index (χ0v) is 13.5. The molecule has 3 N–H and O–H groups in total. The van der Waals surface area contributed by atoms with Crippen LogP contribution >= 0.6 is 15.9 Å². The Morgan fingerprint density at radius 3 is 2.57 bits per heavy atom. The molecule has 0 heterocycles. The fourth-order valence-electron chi connectivity index (χ4n) is 1.77. The van der Waals surface area contributed by atoms with Crippen molar-refractivity contribution in [2.75, 3.05) is 10.5 Å². The van der Waals surface area contributed by atoms with E-state index in [0.29, 0.717) is 15.8 Å². The molecule has 0 aliphatic heterocycles. The summed E-state index contributed by atoms with van der Waals surface area (Å²) in [6.07, 6.45) is 0. The molecule has 0 saturated heterocycles. The lowest BCUT2D eigenvalue weighted by Crippen LogP contribution is -2.15. The third-order valence-corrected chi connectivity index (χ3v) is 4.86. The Hall–Kier alpha value is -2.04. The van der Waals surface area contributed by atoms with Crippen molar-refractivity contribution in [3.63, 3.8) is 0 Å². The van der Waals surface area contributed by atoms with Crippen molar-refractivity contribution < 1.29 is 8.42 Å². The number of hydrogen-bond donors (Lipinski definition) is 2. The molecule has 21 heavy (non-hydrogen) atoms. The lowest BCUT2D eigenvalue weighted by Gasteiger charge is -2.11. The van der Waals surface area contributed by atoms with E-state index in [1.165, 1.54) is 18.2 Å². The number of nitrogens with one attached hydrogen (secondary N) is 1. The van der Waals surface area contributed by atoms with Crippen molar-refractivity contribution >= 4 is 37.3 Å². The van der Waals surface area contributed by atoms with Gasteiger partial charge in [-0.15, -0.1) is 0 Å². The van der Waals surface area contributed by atoms with Gasteiger partial charge in [0.15, 0.2) is 0 Å². The van der Waals surface area contributed by atoms with Gasteiger partial charge >= 0.3 is 0 Å². The number of nitrogen functional groups attached to an aromatic ring is 1. The maximum Gasteiger partial charge on any atom is 0.263 e. The van der Waals surface area contributed by atoms with E-state index in [2.05, 4.69) is 20.7 Å². The first-order chi connectivity index (χ1) is 9.83. The summed E-state index contributed by atoms with van der Waals surface area (Å²) in [6.45, 7) is 1.90. The van der Waals surface area contributed by atoms with Gasteiger partial charge < -0.3 is 5.73 Å². The first kappa shape index (κ1) is 15.4. The number of aryl methyl sites for hydroxylation is 1. The topological polar surface area (TPSA) is 96.0 Å². The van der Waals surface area contributed by atoms with Crippen LogP contribution in [-0.2, 0) is 10.0 Å². The van der Waals surface area contributed by atoms with Crippen LogP contribution in [0, 0.1) is 18.3 Å². The van der Waals surface area contributed by atoms with Crippen molar-refractivity contribution in [2.24, 2.45) is 0 Å². The molecular formula is C14H12BrN3O2S. The SMILES string of the molecule is Cc1ccc(NS(=O)(=O)c2ccc(N)cc2C#N)c(Br)c1. The van der Waals surface area contributed by atoms with E-state index in [9.17, 15) is 8.42 Å². The minimum absolute atomic E-state index is 0.00531. The zero-order chi connectivity index (χ0) is 15.6. The highest BCUT2D eigenvalue weighted by atomic mass is 79.9. The molecule has 0 aromatic heterocycles. The molecule has 108 valence electrons. The summed E-state index contributed by atoms with van der Waals surface area (Å²) >= 11 is 3.31. The minimum atomic E-state index is -3.87. The summed E-state index contributed by atoms with van der Waals surface area (Å²) < 4.78 is 27.9. The highest BCUT2D eigenvalue weighted by molar-refractivity contribution is 9.10. The van der Waals surface area contributed by atoms with Crippen molar-refractivity contribution in [1.29, 1.82) is 5.26 Å². The second kappa shape index (κ2) is 5.76. The number of benzene rings is 2. The standard InChI is InChI=1S/C14H12BrN3O2S/c1-9-2-4-13(12(15)6-9)18-21(19,20)14-5-3-11(17)7-10(14)8-16/h2-7,18H,17H2,1H3. The van der Waals surface area contributed by atoms with E-state index in [1.807, 2.05) is 13.0 Å². The van der Waals surface area contributed by atoms with Gasteiger partial charge in [-0.25, -0.2) is 8.42 Å². The third-order valence-electron chi connectivity index (χ3n) is 2.78. The van der Waals surface area contributed by atoms with Crippen LogP contribution < -0.4 is 10.5 Å². The molecule has 0 amide bonds. The van der Waals surface area contributed by atoms with Gasteiger partial charge in [0.2, 0.25) is 0 Å². The highest BCUT2D eigenvalue weighted by Crippen LogP contribution is 2.27. The fraction of sp³-hybridized carbons (Fsp3) is 0.0714. The Morgan fingerprint density at radius 1 is 1.24 bits per heavy atom. The lowest BCUT2D eigenvalue weighted by molar-refractivity contribution is 0.601. The molecule has 0 radical (unpaired) electrons. The van der Waals surface area contributed by atoms with E-state index in [1.54, 1.807) is 18.2 Å². The Balaban J connectivity index is 2.46. The quantitative estimate of drug-likeness (QED) is 0.817. The summed E-state index contributed by atoms with van der Waals surface area (Å²) in [6, 6.07) is 11.2. The number of hydrogen-bond acceptors (Lipinski definition) is 4. The lowest BCUT2D eigenvalue weighted by atomic mass is 10.2. The van der Waals surface area contributed by atoms with E-state index < -0.39 is 10.0 Å². The monoisotopic (exact) mass is 365 g/mol. The highest BCUT2D eigenvalue weighted by Gasteiger charge is 2.20. The molecule has 2 aromatic rings. The van der Waals surface area contributed by atoms with Crippen molar-refractivity contribution in [1.82, 2.24) is 0 Å². The van der Waals surface area contributed by atoms with Gasteiger partial charge in [-0.05, 0) is 58.7 Å². The summed E-state index contributed by atoms with van der Waals surface area (Å²) in [5, 5.41) is 9.06.